The molecular weight excluding hydrogens is 288 g/mol. The van der Waals surface area contributed by atoms with Crippen LogP contribution in [0.2, 0.25) is 0 Å². The summed E-state index contributed by atoms with van der Waals surface area (Å²) in [6.45, 7) is 4.61. The first-order valence-corrected chi connectivity index (χ1v) is 7.51. The van der Waals surface area contributed by atoms with Gasteiger partial charge in [-0.2, -0.15) is 0 Å². The minimum atomic E-state index is -0.962. The summed E-state index contributed by atoms with van der Waals surface area (Å²) < 4.78 is 5.46. The SMILES string of the molecule is CCOc1ccc(/C(=C\C=C\C(=O)O)c2ccc(C)cc2)cc1. The zero-order valence-electron chi connectivity index (χ0n) is 13.3. The molecule has 0 aliphatic carbocycles. The number of rotatable bonds is 6. The van der Waals surface area contributed by atoms with E-state index in [0.717, 1.165) is 28.5 Å². The molecule has 0 aliphatic rings. The minimum absolute atomic E-state index is 0.626. The Kier molecular flexibility index (Phi) is 5.75. The molecule has 3 heteroatoms. The molecule has 2 aromatic carbocycles. The van der Waals surface area contributed by atoms with Crippen LogP contribution in [0.4, 0.5) is 0 Å². The van der Waals surface area contributed by atoms with Gasteiger partial charge in [-0.15, -0.1) is 0 Å². The average Bonchev–Trinajstić information content (AvgIpc) is 2.54. The summed E-state index contributed by atoms with van der Waals surface area (Å²) >= 11 is 0. The van der Waals surface area contributed by atoms with Crippen LogP contribution >= 0.6 is 0 Å². The van der Waals surface area contributed by atoms with Crippen molar-refractivity contribution in [3.8, 4) is 5.75 Å². The van der Waals surface area contributed by atoms with Crippen LogP contribution < -0.4 is 4.74 Å². The predicted molar refractivity (Wildman–Crippen MR) is 92.6 cm³/mol. The number of hydrogen-bond acceptors (Lipinski definition) is 2. The molecule has 3 nitrogen and oxygen atoms in total. The minimum Gasteiger partial charge on any atom is -0.494 e. The van der Waals surface area contributed by atoms with E-state index in [9.17, 15) is 4.79 Å². The summed E-state index contributed by atoms with van der Waals surface area (Å²) in [6.07, 6.45) is 4.49. The van der Waals surface area contributed by atoms with E-state index in [1.54, 1.807) is 6.08 Å². The standard InChI is InChI=1S/C20H20O3/c1-3-23-18-13-11-17(12-14-18)19(5-4-6-20(21)22)16-9-7-15(2)8-10-16/h4-14H,3H2,1-2H3,(H,21,22)/b6-4+,19-5-. The van der Waals surface area contributed by atoms with Gasteiger partial charge in [0.1, 0.15) is 5.75 Å². The van der Waals surface area contributed by atoms with E-state index in [4.69, 9.17) is 9.84 Å². The van der Waals surface area contributed by atoms with E-state index in [2.05, 4.69) is 0 Å². The molecular formula is C20H20O3. The number of carboxylic acids is 1. The maximum absolute atomic E-state index is 10.7. The van der Waals surface area contributed by atoms with Crippen molar-refractivity contribution < 1.29 is 14.6 Å². The molecule has 0 unspecified atom stereocenters. The second-order valence-electron chi connectivity index (χ2n) is 5.10. The highest BCUT2D eigenvalue weighted by molar-refractivity contribution is 5.84. The fraction of sp³-hybridized carbons (Fsp3) is 0.150. The lowest BCUT2D eigenvalue weighted by Gasteiger charge is -2.10. The first-order chi connectivity index (χ1) is 11.1. The number of aliphatic carboxylic acids is 1. The second kappa shape index (κ2) is 7.99. The Morgan fingerprint density at radius 1 is 1.04 bits per heavy atom. The van der Waals surface area contributed by atoms with Crippen LogP contribution in [0, 0.1) is 6.92 Å². The smallest absolute Gasteiger partial charge is 0.328 e. The largest absolute Gasteiger partial charge is 0.494 e. The lowest BCUT2D eigenvalue weighted by molar-refractivity contribution is -0.131. The zero-order valence-corrected chi connectivity index (χ0v) is 13.3. The zero-order chi connectivity index (χ0) is 16.7. The predicted octanol–water partition coefficient (Wildman–Crippen LogP) is 4.47. The molecule has 0 atom stereocenters. The van der Waals surface area contributed by atoms with Crippen molar-refractivity contribution >= 4 is 11.5 Å². The number of allylic oxidation sites excluding steroid dienone is 2. The first-order valence-electron chi connectivity index (χ1n) is 7.51. The highest BCUT2D eigenvalue weighted by Gasteiger charge is 2.05. The van der Waals surface area contributed by atoms with Gasteiger partial charge in [0.15, 0.2) is 0 Å². The molecule has 0 fully saturated rings. The highest BCUT2D eigenvalue weighted by atomic mass is 16.5. The van der Waals surface area contributed by atoms with Gasteiger partial charge in [0.25, 0.3) is 0 Å². The Balaban J connectivity index is 2.40. The highest BCUT2D eigenvalue weighted by Crippen LogP contribution is 2.26. The fourth-order valence-corrected chi connectivity index (χ4v) is 2.22. The molecule has 0 heterocycles. The number of carbonyl (C=O) groups is 1. The average molecular weight is 308 g/mol. The second-order valence-corrected chi connectivity index (χ2v) is 5.10. The Hall–Kier alpha value is -2.81. The number of hydrogen-bond donors (Lipinski definition) is 1. The van der Waals surface area contributed by atoms with Gasteiger partial charge in [-0.1, -0.05) is 54.1 Å². The van der Waals surface area contributed by atoms with Crippen molar-refractivity contribution in [1.29, 1.82) is 0 Å². The van der Waals surface area contributed by atoms with Crippen LogP contribution in [0.5, 0.6) is 5.75 Å². The normalized spacial score (nSPS) is 11.7. The number of carboxylic acid groups (broad SMARTS) is 1. The Morgan fingerprint density at radius 3 is 2.13 bits per heavy atom. The van der Waals surface area contributed by atoms with Crippen molar-refractivity contribution in [1.82, 2.24) is 0 Å². The van der Waals surface area contributed by atoms with E-state index in [1.165, 1.54) is 5.56 Å². The van der Waals surface area contributed by atoms with Gasteiger partial charge in [-0.3, -0.25) is 0 Å². The molecule has 1 N–H and O–H groups in total. The molecule has 0 saturated heterocycles. The van der Waals surface area contributed by atoms with Crippen LogP contribution in [-0.2, 0) is 4.79 Å². The number of ether oxygens (including phenoxy) is 1. The van der Waals surface area contributed by atoms with Crippen LogP contribution in [0.15, 0.2) is 66.8 Å². The molecule has 0 radical (unpaired) electrons. The lowest BCUT2D eigenvalue weighted by atomic mass is 9.96. The first kappa shape index (κ1) is 16.6. The van der Waals surface area contributed by atoms with Crippen molar-refractivity contribution in [2.45, 2.75) is 13.8 Å². The molecule has 2 rings (SSSR count). The summed E-state index contributed by atoms with van der Waals surface area (Å²) in [6, 6.07) is 15.9. The number of benzene rings is 2. The topological polar surface area (TPSA) is 46.5 Å². The van der Waals surface area contributed by atoms with E-state index in [1.807, 2.05) is 68.5 Å². The lowest BCUT2D eigenvalue weighted by Crippen LogP contribution is -1.93. The van der Waals surface area contributed by atoms with Gasteiger partial charge in [0.2, 0.25) is 0 Å². The van der Waals surface area contributed by atoms with Gasteiger partial charge in [-0.25, -0.2) is 4.79 Å². The van der Waals surface area contributed by atoms with Gasteiger partial charge >= 0.3 is 5.97 Å². The van der Waals surface area contributed by atoms with Gasteiger partial charge in [0, 0.05) is 6.08 Å². The van der Waals surface area contributed by atoms with E-state index >= 15 is 0 Å². The van der Waals surface area contributed by atoms with Crippen LogP contribution in [0.3, 0.4) is 0 Å². The van der Waals surface area contributed by atoms with E-state index in [0.29, 0.717) is 6.61 Å². The Bertz CT molecular complexity index is 708. The molecule has 0 spiro atoms. The third kappa shape index (κ3) is 4.85. The van der Waals surface area contributed by atoms with E-state index in [-0.39, 0.29) is 0 Å². The maximum atomic E-state index is 10.7. The molecule has 0 aromatic heterocycles. The summed E-state index contributed by atoms with van der Waals surface area (Å²) in [5, 5.41) is 8.77. The Labute approximate surface area is 136 Å². The monoisotopic (exact) mass is 308 g/mol. The van der Waals surface area contributed by atoms with Crippen LogP contribution in [0.1, 0.15) is 23.6 Å². The molecule has 0 bridgehead atoms. The number of aryl methyl sites for hydroxylation is 1. The molecule has 2 aromatic rings. The summed E-state index contributed by atoms with van der Waals surface area (Å²) in [5.74, 6) is -0.142. The van der Waals surface area contributed by atoms with Crippen LogP contribution in [-0.4, -0.2) is 17.7 Å². The molecule has 0 aliphatic heterocycles. The van der Waals surface area contributed by atoms with Crippen molar-refractivity contribution in [3.63, 3.8) is 0 Å². The van der Waals surface area contributed by atoms with Gasteiger partial charge in [-0.05, 0) is 42.7 Å². The fourth-order valence-electron chi connectivity index (χ4n) is 2.22. The molecule has 0 amide bonds. The Morgan fingerprint density at radius 2 is 1.61 bits per heavy atom. The molecule has 0 saturated carbocycles. The van der Waals surface area contributed by atoms with E-state index < -0.39 is 5.97 Å². The maximum Gasteiger partial charge on any atom is 0.328 e. The quantitative estimate of drug-likeness (QED) is 0.633. The van der Waals surface area contributed by atoms with Gasteiger partial charge < -0.3 is 9.84 Å². The van der Waals surface area contributed by atoms with Gasteiger partial charge in [0.05, 0.1) is 6.61 Å². The van der Waals surface area contributed by atoms with Crippen molar-refractivity contribution in [3.05, 3.63) is 83.4 Å². The van der Waals surface area contributed by atoms with Crippen molar-refractivity contribution in [2.24, 2.45) is 0 Å². The summed E-state index contributed by atoms with van der Waals surface area (Å²) in [4.78, 5) is 10.7. The summed E-state index contributed by atoms with van der Waals surface area (Å²) in [7, 11) is 0. The third-order valence-electron chi connectivity index (χ3n) is 3.34. The molecule has 23 heavy (non-hydrogen) atoms. The third-order valence-corrected chi connectivity index (χ3v) is 3.34. The molecule has 118 valence electrons. The van der Waals surface area contributed by atoms with Crippen LogP contribution in [0.25, 0.3) is 5.57 Å². The van der Waals surface area contributed by atoms with Crippen molar-refractivity contribution in [2.75, 3.05) is 6.61 Å². The summed E-state index contributed by atoms with van der Waals surface area (Å²) in [5.41, 5.74) is 4.19.